The van der Waals surface area contributed by atoms with E-state index in [2.05, 4.69) is 0 Å². The van der Waals surface area contributed by atoms with E-state index in [1.165, 1.54) is 6.92 Å². The molecule has 0 aromatic heterocycles. The van der Waals surface area contributed by atoms with Gasteiger partial charge in [-0.3, -0.25) is 19.3 Å². The smallest absolute Gasteiger partial charge is 0.307 e. The van der Waals surface area contributed by atoms with Crippen LogP contribution in [0.25, 0.3) is 0 Å². The molecule has 160 valence electrons. The highest BCUT2D eigenvalue weighted by Crippen LogP contribution is 2.16. The molecule has 7 nitrogen and oxygen atoms in total. The van der Waals surface area contributed by atoms with Crippen molar-refractivity contribution in [1.82, 2.24) is 4.90 Å². The number of hydrogen-bond acceptors (Lipinski definition) is 6. The summed E-state index contributed by atoms with van der Waals surface area (Å²) in [5, 5.41) is 0. The van der Waals surface area contributed by atoms with Crippen LogP contribution >= 0.6 is 0 Å². The van der Waals surface area contributed by atoms with Gasteiger partial charge in [0.1, 0.15) is 6.61 Å². The van der Waals surface area contributed by atoms with Crippen LogP contribution in [-0.2, 0) is 14.3 Å². The number of amides is 2. The molecule has 2 N–H and O–H groups in total. The topological polar surface area (TPSA) is 92.9 Å². The molecule has 0 saturated heterocycles. The van der Waals surface area contributed by atoms with Crippen LogP contribution in [0.5, 0.6) is 0 Å². The van der Waals surface area contributed by atoms with Crippen LogP contribution in [0.2, 0.25) is 0 Å². The van der Waals surface area contributed by atoms with Gasteiger partial charge in [-0.25, -0.2) is 0 Å². The van der Waals surface area contributed by atoms with Crippen LogP contribution in [0.4, 0.5) is 11.4 Å². The van der Waals surface area contributed by atoms with Crippen molar-refractivity contribution in [1.29, 1.82) is 0 Å². The zero-order valence-electron chi connectivity index (χ0n) is 17.8. The molecular weight excluding hydrogens is 382 g/mol. The number of nitrogens with zero attached hydrogens (tertiary/aromatic N) is 2. The van der Waals surface area contributed by atoms with Gasteiger partial charge in [-0.05, 0) is 49.7 Å². The summed E-state index contributed by atoms with van der Waals surface area (Å²) in [4.78, 5) is 39.9. The second-order valence-corrected chi connectivity index (χ2v) is 6.93. The molecule has 0 fully saturated rings. The first-order chi connectivity index (χ1) is 14.3. The maximum absolute atomic E-state index is 12.7. The number of carbonyl (C=O) groups excluding carboxylic acids is 3. The Bertz CT molecular complexity index is 880. The summed E-state index contributed by atoms with van der Waals surface area (Å²) in [5.74, 6) is -1.16. The third-order valence-electron chi connectivity index (χ3n) is 4.80. The Morgan fingerprint density at radius 3 is 2.27 bits per heavy atom. The van der Waals surface area contributed by atoms with Gasteiger partial charge in [0.2, 0.25) is 5.91 Å². The quantitative estimate of drug-likeness (QED) is 0.504. The van der Waals surface area contributed by atoms with E-state index in [1.807, 2.05) is 55.1 Å². The van der Waals surface area contributed by atoms with Gasteiger partial charge in [-0.1, -0.05) is 18.2 Å². The van der Waals surface area contributed by atoms with E-state index in [9.17, 15) is 14.4 Å². The monoisotopic (exact) mass is 411 g/mol. The van der Waals surface area contributed by atoms with Crippen molar-refractivity contribution in [3.05, 3.63) is 59.7 Å². The molecule has 0 radical (unpaired) electrons. The molecule has 0 heterocycles. The summed E-state index contributed by atoms with van der Waals surface area (Å²) >= 11 is 0. The van der Waals surface area contributed by atoms with E-state index < -0.39 is 5.91 Å². The normalized spacial score (nSPS) is 10.4. The minimum absolute atomic E-state index is 0.0176. The van der Waals surface area contributed by atoms with E-state index in [0.717, 1.165) is 22.7 Å². The molecule has 0 bridgehead atoms. The summed E-state index contributed by atoms with van der Waals surface area (Å²) < 4.78 is 5.26. The molecule has 0 saturated carbocycles. The number of esters is 1. The maximum atomic E-state index is 12.7. The summed E-state index contributed by atoms with van der Waals surface area (Å²) in [6, 6.07) is 14.5. The van der Waals surface area contributed by atoms with Crippen molar-refractivity contribution >= 4 is 29.2 Å². The van der Waals surface area contributed by atoms with Crippen LogP contribution in [0.15, 0.2) is 48.5 Å². The van der Waals surface area contributed by atoms with Gasteiger partial charge < -0.3 is 15.4 Å². The number of imide groups is 1. The van der Waals surface area contributed by atoms with E-state index >= 15 is 0 Å². The van der Waals surface area contributed by atoms with E-state index in [0.29, 0.717) is 17.8 Å². The number of ether oxygens (including phenoxy) is 1. The summed E-state index contributed by atoms with van der Waals surface area (Å²) in [6.45, 7) is 6.35. The van der Waals surface area contributed by atoms with Crippen molar-refractivity contribution < 1.29 is 19.1 Å². The van der Waals surface area contributed by atoms with Gasteiger partial charge in [-0.2, -0.15) is 0 Å². The third kappa shape index (κ3) is 6.34. The highest BCUT2D eigenvalue weighted by atomic mass is 16.5. The van der Waals surface area contributed by atoms with Gasteiger partial charge in [0.05, 0.1) is 13.0 Å². The van der Waals surface area contributed by atoms with Gasteiger partial charge in [0, 0.05) is 37.0 Å². The Balaban J connectivity index is 1.85. The lowest BCUT2D eigenvalue weighted by atomic mass is 10.1. The molecular formula is C23H29N3O4. The Morgan fingerprint density at radius 2 is 1.67 bits per heavy atom. The van der Waals surface area contributed by atoms with Crippen LogP contribution in [0.1, 0.15) is 36.2 Å². The highest BCUT2D eigenvalue weighted by molar-refractivity contribution is 6.04. The number of anilines is 2. The average Bonchev–Trinajstić information content (AvgIpc) is 2.72. The summed E-state index contributed by atoms with van der Waals surface area (Å²) in [5.41, 5.74) is 8.62. The average molecular weight is 412 g/mol. The predicted octanol–water partition coefficient (Wildman–Crippen LogP) is 3.03. The number of carbonyl (C=O) groups is 3. The molecule has 7 heteroatoms. The fourth-order valence-corrected chi connectivity index (χ4v) is 3.06. The van der Waals surface area contributed by atoms with Crippen molar-refractivity contribution in [2.75, 3.05) is 36.9 Å². The molecule has 2 amide bonds. The second kappa shape index (κ2) is 11.0. The molecule has 0 aliphatic rings. The lowest BCUT2D eigenvalue weighted by Gasteiger charge is -2.23. The van der Waals surface area contributed by atoms with Crippen molar-refractivity contribution in [2.45, 2.75) is 27.2 Å². The third-order valence-corrected chi connectivity index (χ3v) is 4.80. The lowest BCUT2D eigenvalue weighted by Crippen LogP contribution is -2.38. The van der Waals surface area contributed by atoms with Crippen LogP contribution in [0, 0.1) is 6.92 Å². The van der Waals surface area contributed by atoms with Gasteiger partial charge >= 0.3 is 5.97 Å². The summed E-state index contributed by atoms with van der Waals surface area (Å²) in [7, 11) is 0. The Kier molecular flexibility index (Phi) is 8.41. The van der Waals surface area contributed by atoms with Crippen LogP contribution in [-0.4, -0.2) is 48.9 Å². The van der Waals surface area contributed by atoms with Crippen LogP contribution in [0.3, 0.4) is 0 Å². The number of nitrogens with two attached hydrogens (primary N) is 1. The maximum Gasteiger partial charge on any atom is 0.307 e. The minimum atomic E-state index is -0.392. The largest absolute Gasteiger partial charge is 0.464 e. The van der Waals surface area contributed by atoms with Crippen LogP contribution < -0.4 is 10.6 Å². The van der Waals surface area contributed by atoms with E-state index in [1.54, 1.807) is 12.1 Å². The predicted molar refractivity (Wildman–Crippen MR) is 117 cm³/mol. The Labute approximate surface area is 177 Å². The summed E-state index contributed by atoms with van der Waals surface area (Å²) in [6.07, 6.45) is 0.198. The van der Waals surface area contributed by atoms with Crippen molar-refractivity contribution in [3.8, 4) is 0 Å². The SMILES string of the molecule is CCN(CCC(=O)OCCN(C(C)=O)C(=O)c1ccccc1C)c1ccc(N)cc1. The first kappa shape index (κ1) is 22.9. The van der Waals surface area contributed by atoms with E-state index in [-0.39, 0.29) is 31.4 Å². The van der Waals surface area contributed by atoms with Crippen molar-refractivity contribution in [2.24, 2.45) is 0 Å². The van der Waals surface area contributed by atoms with Gasteiger partial charge in [0.25, 0.3) is 5.91 Å². The molecule has 30 heavy (non-hydrogen) atoms. The van der Waals surface area contributed by atoms with Gasteiger partial charge in [-0.15, -0.1) is 0 Å². The lowest BCUT2D eigenvalue weighted by molar-refractivity contribution is -0.144. The number of nitrogen functional groups attached to an aromatic ring is 1. The zero-order chi connectivity index (χ0) is 22.1. The highest BCUT2D eigenvalue weighted by Gasteiger charge is 2.21. The fraction of sp³-hybridized carbons (Fsp3) is 0.348. The second-order valence-electron chi connectivity index (χ2n) is 6.93. The van der Waals surface area contributed by atoms with Crippen molar-refractivity contribution in [3.63, 3.8) is 0 Å². The molecule has 0 aliphatic heterocycles. The standard InChI is InChI=1S/C23H29N3O4/c1-4-25(20-11-9-19(24)10-12-20)14-13-22(28)30-16-15-26(18(3)27)23(29)21-8-6-5-7-17(21)2/h5-12H,4,13-16,24H2,1-3H3. The number of hydrogen-bond donors (Lipinski definition) is 1. The number of benzene rings is 2. The fourth-order valence-electron chi connectivity index (χ4n) is 3.06. The molecule has 2 aromatic rings. The molecule has 0 spiro atoms. The Hall–Kier alpha value is -3.35. The Morgan fingerprint density at radius 1 is 1.00 bits per heavy atom. The molecule has 0 aliphatic carbocycles. The van der Waals surface area contributed by atoms with Gasteiger partial charge in [0.15, 0.2) is 0 Å². The molecule has 0 atom stereocenters. The number of aryl methyl sites for hydroxylation is 1. The number of rotatable bonds is 9. The van der Waals surface area contributed by atoms with E-state index in [4.69, 9.17) is 10.5 Å². The molecule has 2 aromatic carbocycles. The zero-order valence-corrected chi connectivity index (χ0v) is 17.8. The molecule has 2 rings (SSSR count). The first-order valence-corrected chi connectivity index (χ1v) is 9.97. The molecule has 0 unspecified atom stereocenters. The minimum Gasteiger partial charge on any atom is -0.464 e. The first-order valence-electron chi connectivity index (χ1n) is 9.97.